The molecule has 0 spiro atoms. The average molecular weight is 388 g/mol. The van der Waals surface area contributed by atoms with E-state index in [1.54, 1.807) is 17.5 Å². The van der Waals surface area contributed by atoms with E-state index in [1.807, 2.05) is 28.6 Å². The fraction of sp³-hybridized carbons (Fsp3) is 0.526. The van der Waals surface area contributed by atoms with Crippen molar-refractivity contribution in [3.63, 3.8) is 0 Å². The molecule has 27 heavy (non-hydrogen) atoms. The zero-order valence-electron chi connectivity index (χ0n) is 15.3. The first-order chi connectivity index (χ1) is 13.3. The molecule has 4 rings (SSSR count). The van der Waals surface area contributed by atoms with Crippen LogP contribution in [-0.4, -0.2) is 53.2 Å². The third-order valence-electron chi connectivity index (χ3n) is 5.12. The first-order valence-corrected chi connectivity index (χ1v) is 10.5. The minimum absolute atomic E-state index is 0.0375. The molecule has 7 nitrogen and oxygen atoms in total. The van der Waals surface area contributed by atoms with Crippen molar-refractivity contribution >= 4 is 22.5 Å². The molecule has 1 saturated heterocycles. The molecule has 1 aliphatic carbocycles. The maximum absolute atomic E-state index is 12.5. The van der Waals surface area contributed by atoms with Crippen molar-refractivity contribution in [2.75, 3.05) is 31.1 Å². The van der Waals surface area contributed by atoms with Crippen molar-refractivity contribution in [2.24, 2.45) is 0 Å². The third-order valence-corrected chi connectivity index (χ3v) is 5.95. The number of hydrogen-bond acceptors (Lipinski definition) is 6. The zero-order chi connectivity index (χ0) is 18.5. The van der Waals surface area contributed by atoms with Gasteiger partial charge in [0.05, 0.1) is 0 Å². The van der Waals surface area contributed by atoms with Crippen LogP contribution in [0.1, 0.15) is 31.2 Å². The minimum atomic E-state index is -0.0375. The van der Waals surface area contributed by atoms with E-state index in [0.717, 1.165) is 36.6 Å². The molecule has 0 aromatic carbocycles. The van der Waals surface area contributed by atoms with Crippen molar-refractivity contribution in [3.05, 3.63) is 35.5 Å². The third kappa shape index (κ3) is 4.50. The van der Waals surface area contributed by atoms with Crippen LogP contribution < -0.4 is 15.0 Å². The van der Waals surface area contributed by atoms with Gasteiger partial charge in [-0.25, -0.2) is 14.8 Å². The molecule has 2 aliphatic rings. The minimum Gasteiger partial charge on any atom is -0.474 e. The van der Waals surface area contributed by atoms with E-state index < -0.39 is 0 Å². The van der Waals surface area contributed by atoms with E-state index >= 15 is 0 Å². The lowest BCUT2D eigenvalue weighted by atomic mass is 10.2. The molecule has 1 N–H and O–H groups in total. The molecule has 2 aromatic rings. The van der Waals surface area contributed by atoms with Crippen LogP contribution >= 0.6 is 11.3 Å². The average Bonchev–Trinajstić information content (AvgIpc) is 3.41. The van der Waals surface area contributed by atoms with Gasteiger partial charge in [-0.2, -0.15) is 0 Å². The van der Waals surface area contributed by atoms with Crippen molar-refractivity contribution < 1.29 is 9.53 Å². The van der Waals surface area contributed by atoms with Crippen LogP contribution in [0.15, 0.2) is 29.9 Å². The smallest absolute Gasteiger partial charge is 0.317 e. The van der Waals surface area contributed by atoms with Crippen molar-refractivity contribution in [2.45, 2.75) is 38.3 Å². The molecule has 2 amide bonds. The molecule has 2 aromatic heterocycles. The number of piperazine rings is 1. The van der Waals surface area contributed by atoms with Crippen LogP contribution in [-0.2, 0) is 6.54 Å². The maximum atomic E-state index is 12.5. The highest BCUT2D eigenvalue weighted by Gasteiger charge is 2.23. The van der Waals surface area contributed by atoms with Crippen LogP contribution in [0, 0.1) is 0 Å². The van der Waals surface area contributed by atoms with Crippen molar-refractivity contribution in [3.8, 4) is 5.88 Å². The number of ether oxygens (including phenoxy) is 1. The molecule has 2 fully saturated rings. The first-order valence-electron chi connectivity index (χ1n) is 9.57. The lowest BCUT2D eigenvalue weighted by molar-refractivity contribution is 0.191. The van der Waals surface area contributed by atoms with E-state index in [9.17, 15) is 4.79 Å². The summed E-state index contributed by atoms with van der Waals surface area (Å²) in [5.74, 6) is 0.651. The van der Waals surface area contributed by atoms with Gasteiger partial charge in [0.1, 0.15) is 6.10 Å². The van der Waals surface area contributed by atoms with Gasteiger partial charge in [-0.05, 0) is 31.7 Å². The monoisotopic (exact) mass is 387 g/mol. The number of anilines is 1. The molecule has 0 atom stereocenters. The summed E-state index contributed by atoms with van der Waals surface area (Å²) in [6.07, 6.45) is 8.43. The van der Waals surface area contributed by atoms with Gasteiger partial charge in [0, 0.05) is 56.1 Å². The number of pyridine rings is 1. The highest BCUT2D eigenvalue weighted by Crippen LogP contribution is 2.25. The Hall–Kier alpha value is -2.35. The van der Waals surface area contributed by atoms with Gasteiger partial charge < -0.3 is 19.9 Å². The number of thiazole rings is 1. The highest BCUT2D eigenvalue weighted by molar-refractivity contribution is 7.13. The highest BCUT2D eigenvalue weighted by atomic mass is 32.1. The topological polar surface area (TPSA) is 70.6 Å². The lowest BCUT2D eigenvalue weighted by Gasteiger charge is -2.34. The first kappa shape index (κ1) is 18.0. The van der Waals surface area contributed by atoms with E-state index in [4.69, 9.17) is 4.74 Å². The van der Waals surface area contributed by atoms with E-state index in [-0.39, 0.29) is 12.1 Å². The molecule has 1 aliphatic heterocycles. The summed E-state index contributed by atoms with van der Waals surface area (Å²) in [7, 11) is 0. The Morgan fingerprint density at radius 3 is 2.74 bits per heavy atom. The van der Waals surface area contributed by atoms with Gasteiger partial charge >= 0.3 is 6.03 Å². The summed E-state index contributed by atoms with van der Waals surface area (Å²) in [4.78, 5) is 25.3. The Bertz CT molecular complexity index is 740. The molecule has 0 bridgehead atoms. The second-order valence-corrected chi connectivity index (χ2v) is 7.81. The second kappa shape index (κ2) is 8.56. The number of rotatable bonds is 5. The van der Waals surface area contributed by atoms with Crippen LogP contribution in [0.5, 0.6) is 5.88 Å². The Morgan fingerprint density at radius 1 is 1.19 bits per heavy atom. The summed E-state index contributed by atoms with van der Waals surface area (Å²) in [5.41, 5.74) is 0.930. The number of hydrogen-bond donors (Lipinski definition) is 1. The number of carbonyl (C=O) groups is 1. The van der Waals surface area contributed by atoms with Crippen LogP contribution in [0.2, 0.25) is 0 Å². The van der Waals surface area contributed by atoms with Gasteiger partial charge in [-0.3, -0.25) is 0 Å². The van der Waals surface area contributed by atoms with Crippen LogP contribution in [0.4, 0.5) is 9.93 Å². The number of nitrogens with one attached hydrogen (secondary N) is 1. The quantitative estimate of drug-likeness (QED) is 0.854. The van der Waals surface area contributed by atoms with Gasteiger partial charge in [0.25, 0.3) is 0 Å². The summed E-state index contributed by atoms with van der Waals surface area (Å²) < 4.78 is 6.05. The summed E-state index contributed by atoms with van der Waals surface area (Å²) in [6.45, 7) is 3.45. The number of nitrogens with zero attached hydrogens (tertiary/aromatic N) is 4. The predicted octanol–water partition coefficient (Wildman–Crippen LogP) is 2.89. The van der Waals surface area contributed by atoms with Gasteiger partial charge in [-0.15, -0.1) is 11.3 Å². The summed E-state index contributed by atoms with van der Waals surface area (Å²) in [5, 5.41) is 6.03. The van der Waals surface area contributed by atoms with E-state index in [2.05, 4.69) is 20.2 Å². The second-order valence-electron chi connectivity index (χ2n) is 6.94. The number of amides is 2. The van der Waals surface area contributed by atoms with Crippen molar-refractivity contribution in [1.29, 1.82) is 0 Å². The van der Waals surface area contributed by atoms with Gasteiger partial charge in [0.2, 0.25) is 5.88 Å². The molecule has 1 saturated carbocycles. The van der Waals surface area contributed by atoms with E-state index in [0.29, 0.717) is 25.5 Å². The molecular weight excluding hydrogens is 362 g/mol. The number of aromatic nitrogens is 2. The fourth-order valence-electron chi connectivity index (χ4n) is 3.58. The standard InChI is InChI=1S/C19H25N5O2S/c25-18(23-9-11-24(12-10-23)19-21-8-13-27-19)22-14-15-4-3-7-20-17(15)26-16-5-1-2-6-16/h3-4,7-8,13,16H,1-2,5-6,9-12,14H2,(H,22,25). The normalized spacial score (nSPS) is 17.9. The Balaban J connectivity index is 1.28. The van der Waals surface area contributed by atoms with Crippen molar-refractivity contribution in [1.82, 2.24) is 20.2 Å². The SMILES string of the molecule is O=C(NCc1cccnc1OC1CCCC1)N1CCN(c2nccs2)CC1. The zero-order valence-corrected chi connectivity index (χ0v) is 16.2. The maximum Gasteiger partial charge on any atom is 0.317 e. The molecule has 3 heterocycles. The summed E-state index contributed by atoms with van der Waals surface area (Å²) >= 11 is 1.64. The number of carbonyl (C=O) groups excluding carboxylic acids is 1. The molecule has 0 unspecified atom stereocenters. The Labute approximate surface area is 163 Å². The fourth-order valence-corrected chi connectivity index (χ4v) is 4.28. The van der Waals surface area contributed by atoms with Crippen LogP contribution in [0.25, 0.3) is 0 Å². The number of urea groups is 1. The largest absolute Gasteiger partial charge is 0.474 e. The Morgan fingerprint density at radius 2 is 2.00 bits per heavy atom. The summed E-state index contributed by atoms with van der Waals surface area (Å²) in [6, 6.07) is 3.82. The van der Waals surface area contributed by atoms with Crippen LogP contribution in [0.3, 0.4) is 0 Å². The Kier molecular flexibility index (Phi) is 5.72. The molecule has 0 radical (unpaired) electrons. The van der Waals surface area contributed by atoms with Gasteiger partial charge in [0.15, 0.2) is 5.13 Å². The molecular formula is C19H25N5O2S. The molecule has 8 heteroatoms. The lowest BCUT2D eigenvalue weighted by Crippen LogP contribution is -2.51. The van der Waals surface area contributed by atoms with E-state index in [1.165, 1.54) is 12.8 Å². The van der Waals surface area contributed by atoms with Gasteiger partial charge in [-0.1, -0.05) is 6.07 Å². The predicted molar refractivity (Wildman–Crippen MR) is 105 cm³/mol. The molecule has 144 valence electrons.